The van der Waals surface area contributed by atoms with Crippen LogP contribution in [-0.2, 0) is 29.0 Å². The predicted molar refractivity (Wildman–Crippen MR) is 346 cm³/mol. The van der Waals surface area contributed by atoms with Crippen LogP contribution in [0.3, 0.4) is 0 Å². The summed E-state index contributed by atoms with van der Waals surface area (Å²) in [5.74, 6) is 0.872. The topological polar surface area (TPSA) is 226 Å². The third-order valence-electron chi connectivity index (χ3n) is 14.3. The number of H-pyrrole nitrogens is 1. The number of likely N-dealkylation sites (N-methyl/N-ethyl adjacent to an activating group) is 1. The van der Waals surface area contributed by atoms with Crippen LogP contribution in [0.4, 0.5) is 45.5 Å². The van der Waals surface area contributed by atoms with Crippen molar-refractivity contribution in [2.24, 2.45) is 0 Å². The molecule has 89 heavy (non-hydrogen) atoms. The lowest BCUT2D eigenvalue weighted by Gasteiger charge is -2.19. The lowest BCUT2D eigenvalue weighted by Crippen LogP contribution is -2.20. The van der Waals surface area contributed by atoms with Gasteiger partial charge in [-0.1, -0.05) is 66.7 Å². The fourth-order valence-corrected chi connectivity index (χ4v) is 9.87. The molecule has 20 nitrogen and oxygen atoms in total. The fraction of sp³-hybridized carbons (Fsp3) is 0.174. The van der Waals surface area contributed by atoms with Gasteiger partial charge in [0, 0.05) is 47.2 Å². The smallest absolute Gasteiger partial charge is 0.338 e. The van der Waals surface area contributed by atoms with Gasteiger partial charge >= 0.3 is 11.9 Å². The number of carbonyl (C=O) groups is 2. The van der Waals surface area contributed by atoms with Crippen LogP contribution >= 0.6 is 0 Å². The Kier molecular flexibility index (Phi) is 19.2. The molecule has 0 saturated carbocycles. The van der Waals surface area contributed by atoms with E-state index in [2.05, 4.69) is 75.6 Å². The lowest BCUT2D eigenvalue weighted by molar-refractivity contribution is 0.0505. The van der Waals surface area contributed by atoms with Crippen LogP contribution in [0.15, 0.2) is 212 Å². The second kappa shape index (κ2) is 28.8. The number of nitrogens with one attached hydrogen (secondary N) is 5. The Morgan fingerprint density at radius 2 is 1.07 bits per heavy atom. The first kappa shape index (κ1) is 59.5. The summed E-state index contributed by atoms with van der Waals surface area (Å²) in [6, 6.07) is 57.5. The minimum Gasteiger partial charge on any atom is -0.489 e. The molecule has 0 amide bonds. The number of carbonyl (C=O) groups excluding carboxylic acids is 2. The number of pyridine rings is 1. The average molecular weight is 1190 g/mol. The Hall–Kier alpha value is -11.3. The molecule has 11 rings (SSSR count). The zero-order valence-corrected chi connectivity index (χ0v) is 49.4. The molecule has 8 aromatic carbocycles. The van der Waals surface area contributed by atoms with E-state index in [0.29, 0.717) is 109 Å². The van der Waals surface area contributed by atoms with Gasteiger partial charge in [0.2, 0.25) is 5.56 Å². The summed E-state index contributed by atoms with van der Waals surface area (Å²) in [6.45, 7) is 4.83. The van der Waals surface area contributed by atoms with Gasteiger partial charge < -0.3 is 54.8 Å². The first-order chi connectivity index (χ1) is 43.6. The molecule has 5 N–H and O–H groups in total. The van der Waals surface area contributed by atoms with E-state index in [1.54, 1.807) is 71.4 Å². The van der Waals surface area contributed by atoms with E-state index in [4.69, 9.17) is 23.7 Å². The average Bonchev–Trinajstić information content (AvgIpc) is 1.50. The van der Waals surface area contributed by atoms with Crippen molar-refractivity contribution >= 4 is 68.3 Å². The monoisotopic (exact) mass is 1190 g/mol. The molecule has 0 spiro atoms. The van der Waals surface area contributed by atoms with Gasteiger partial charge in [-0.3, -0.25) is 4.79 Å². The van der Waals surface area contributed by atoms with Gasteiger partial charge in [0.15, 0.2) is 11.5 Å². The molecule has 0 aliphatic rings. The molecule has 0 saturated heterocycles. The second-order valence-electron chi connectivity index (χ2n) is 20.9. The number of hydrogen-bond acceptors (Lipinski definition) is 17. The number of hydrogen-bond donors (Lipinski definition) is 5. The molecule has 0 bridgehead atoms. The van der Waals surface area contributed by atoms with Crippen LogP contribution in [0.2, 0.25) is 0 Å². The van der Waals surface area contributed by atoms with E-state index < -0.39 is 5.97 Å². The van der Waals surface area contributed by atoms with Crippen molar-refractivity contribution in [3.63, 3.8) is 0 Å². The third kappa shape index (κ3) is 15.6. The lowest BCUT2D eigenvalue weighted by atomic mass is 10.0. The molecule has 0 atom stereocenters. The summed E-state index contributed by atoms with van der Waals surface area (Å²) in [5.41, 5.74) is 11.8. The Morgan fingerprint density at radius 1 is 0.517 bits per heavy atom. The molecule has 3 aromatic heterocycles. The van der Waals surface area contributed by atoms with Crippen molar-refractivity contribution in [1.29, 1.82) is 0 Å². The number of nitrogens with zero attached hydrogens (tertiary/aromatic N) is 7. The molecular formula is C69H66N12O8. The summed E-state index contributed by atoms with van der Waals surface area (Å²) in [5, 5.41) is 23.4. The molecule has 3 heterocycles. The normalized spacial score (nSPS) is 11.1. The zero-order chi connectivity index (χ0) is 61.3. The quantitative estimate of drug-likeness (QED) is 0.0287. The summed E-state index contributed by atoms with van der Waals surface area (Å²) in [6.07, 6.45) is 6.66. The highest BCUT2D eigenvalue weighted by molar-refractivity contribution is 6.01. The highest BCUT2D eigenvalue weighted by Gasteiger charge is 2.18. The van der Waals surface area contributed by atoms with Crippen LogP contribution in [0.5, 0.6) is 17.2 Å². The van der Waals surface area contributed by atoms with Gasteiger partial charge in [0.05, 0.1) is 65.7 Å². The minimum absolute atomic E-state index is 0.128. The van der Waals surface area contributed by atoms with E-state index in [1.807, 2.05) is 129 Å². The van der Waals surface area contributed by atoms with Crippen molar-refractivity contribution in [2.45, 2.75) is 26.4 Å². The molecule has 20 heteroatoms. The predicted octanol–water partition coefficient (Wildman–Crippen LogP) is 12.7. The van der Waals surface area contributed by atoms with Gasteiger partial charge in [0.1, 0.15) is 50.9 Å². The fourth-order valence-electron chi connectivity index (χ4n) is 9.87. The highest BCUT2D eigenvalue weighted by Crippen LogP contribution is 2.41. The maximum Gasteiger partial charge on any atom is 0.338 e. The van der Waals surface area contributed by atoms with Crippen LogP contribution in [0.25, 0.3) is 33.2 Å². The summed E-state index contributed by atoms with van der Waals surface area (Å²) in [7, 11) is 3.99. The molecule has 0 aliphatic heterocycles. The molecule has 0 radical (unpaired) electrons. The Balaban J connectivity index is 0.764. The van der Waals surface area contributed by atoms with Crippen molar-refractivity contribution in [3.8, 4) is 39.5 Å². The molecule has 0 fully saturated rings. The first-order valence-electron chi connectivity index (χ1n) is 29.1. The Bertz CT molecular complexity index is 4220. The summed E-state index contributed by atoms with van der Waals surface area (Å²) in [4.78, 5) is 52.1. The third-order valence-corrected chi connectivity index (χ3v) is 14.3. The minimum atomic E-state index is -0.463. The van der Waals surface area contributed by atoms with E-state index in [-0.39, 0.29) is 18.1 Å². The van der Waals surface area contributed by atoms with E-state index in [0.717, 1.165) is 56.0 Å². The Morgan fingerprint density at radius 3 is 1.67 bits per heavy atom. The van der Waals surface area contributed by atoms with Crippen molar-refractivity contribution in [3.05, 3.63) is 234 Å². The number of rotatable bonds is 28. The van der Waals surface area contributed by atoms with Crippen molar-refractivity contribution in [1.82, 2.24) is 39.4 Å². The first-order valence-corrected chi connectivity index (χ1v) is 29.1. The number of benzene rings is 8. The standard InChI is InChI=1S/C69H66N12O8/c1-4-85-68(83)49-20-24-53(25-21-49)74-59-29-19-47(39-63(59)86-37-33-80-45-70-43-72-80)31-35-89-69(84)50-22-26-54(27-23-50)75-60-17-10-18-61(66(60)87-38-34-81-46-71-44-73-81)76-55-15-8-13-51(40-55)52-14-9-16-56(41-52)77-62-30-28-57-58(48-11-6-5-7-12-48)42-64(82)78-65(57)67(62)88-36-32-79(2)3/h5-30,39-46,74-77H,4,31-38H2,1-3H3,(H,78,82). The summed E-state index contributed by atoms with van der Waals surface area (Å²) < 4.78 is 33.6. The van der Waals surface area contributed by atoms with E-state index >= 15 is 0 Å². The maximum atomic E-state index is 13.5. The SMILES string of the molecule is CCOC(=O)c1ccc(Nc2ccc(CCOC(=O)c3ccc(Nc4cccc(Nc5cccc(-c6cccc(Nc7ccc8c(-c9ccccc9)cc(=O)[nH]c8c7OCCN(C)C)c6)c5)c4OCCn4cncn4)cc3)cc2OCCn2cncn2)cc1. The number of aromatic nitrogens is 7. The van der Waals surface area contributed by atoms with Crippen LogP contribution in [0.1, 0.15) is 33.2 Å². The van der Waals surface area contributed by atoms with Crippen LogP contribution in [-0.4, -0.2) is 105 Å². The van der Waals surface area contributed by atoms with Gasteiger partial charge in [-0.25, -0.2) is 28.9 Å². The molecule has 11 aromatic rings. The molecular weight excluding hydrogens is 1120 g/mol. The number of para-hydroxylation sites is 1. The second-order valence-corrected chi connectivity index (χ2v) is 20.9. The van der Waals surface area contributed by atoms with Gasteiger partial charge in [-0.2, -0.15) is 10.2 Å². The largest absolute Gasteiger partial charge is 0.489 e. The van der Waals surface area contributed by atoms with E-state index in [1.165, 1.54) is 12.7 Å². The molecule has 0 aliphatic carbocycles. The zero-order valence-electron chi connectivity index (χ0n) is 49.4. The van der Waals surface area contributed by atoms with Crippen LogP contribution < -0.4 is 41.0 Å². The number of fused-ring (bicyclic) bond motifs is 1. The van der Waals surface area contributed by atoms with Crippen LogP contribution in [0, 0.1) is 0 Å². The molecule has 450 valence electrons. The van der Waals surface area contributed by atoms with Gasteiger partial charge in [0.25, 0.3) is 0 Å². The van der Waals surface area contributed by atoms with Gasteiger partial charge in [-0.05, 0) is 158 Å². The van der Waals surface area contributed by atoms with Crippen molar-refractivity contribution in [2.75, 3.05) is 74.9 Å². The number of ether oxygens (including phenoxy) is 5. The number of esters is 2. The number of anilines is 8. The number of aromatic amines is 1. The van der Waals surface area contributed by atoms with Crippen molar-refractivity contribution < 1.29 is 33.3 Å². The maximum absolute atomic E-state index is 13.5. The summed E-state index contributed by atoms with van der Waals surface area (Å²) >= 11 is 0. The highest BCUT2D eigenvalue weighted by atomic mass is 16.5. The van der Waals surface area contributed by atoms with E-state index in [9.17, 15) is 14.4 Å². The van der Waals surface area contributed by atoms with Gasteiger partial charge in [-0.15, -0.1) is 0 Å². The molecule has 0 unspecified atom stereocenters. The Labute approximate surface area is 514 Å².